The van der Waals surface area contributed by atoms with E-state index in [1.54, 1.807) is 30.3 Å². The third kappa shape index (κ3) is 3.37. The molecule has 0 unspecified atom stereocenters. The molecule has 2 rings (SSSR count). The highest BCUT2D eigenvalue weighted by molar-refractivity contribution is 9.10. The molecular formula is C15H12BrN3O. The maximum absolute atomic E-state index is 11.1. The monoisotopic (exact) mass is 329 g/mol. The van der Waals surface area contributed by atoms with E-state index in [1.807, 2.05) is 12.1 Å². The summed E-state index contributed by atoms with van der Waals surface area (Å²) in [6, 6.07) is 14.6. The number of carbonyl (C=O) groups excluding carboxylic acids is 1. The Labute approximate surface area is 125 Å². The lowest BCUT2D eigenvalue weighted by Gasteiger charge is -2.09. The van der Waals surface area contributed by atoms with Crippen molar-refractivity contribution in [3.8, 4) is 6.07 Å². The van der Waals surface area contributed by atoms with Crippen molar-refractivity contribution in [2.75, 3.05) is 5.32 Å². The summed E-state index contributed by atoms with van der Waals surface area (Å²) in [4.78, 5) is 11.1. The molecule has 100 valence electrons. The number of nitriles is 1. The summed E-state index contributed by atoms with van der Waals surface area (Å²) in [7, 11) is 0. The van der Waals surface area contributed by atoms with Gasteiger partial charge in [-0.1, -0.05) is 12.1 Å². The van der Waals surface area contributed by atoms with Gasteiger partial charge in [0.25, 0.3) is 0 Å². The Morgan fingerprint density at radius 1 is 1.30 bits per heavy atom. The largest absolute Gasteiger partial charge is 0.380 e. The molecule has 0 saturated heterocycles. The van der Waals surface area contributed by atoms with Gasteiger partial charge < -0.3 is 11.1 Å². The number of halogens is 1. The van der Waals surface area contributed by atoms with Gasteiger partial charge in [0.2, 0.25) is 5.91 Å². The Hall–Kier alpha value is -2.32. The zero-order chi connectivity index (χ0) is 14.5. The molecule has 2 aromatic carbocycles. The van der Waals surface area contributed by atoms with Gasteiger partial charge in [-0.05, 0) is 51.8 Å². The molecule has 0 saturated carbocycles. The fourth-order valence-electron chi connectivity index (χ4n) is 1.76. The number of nitrogens with zero attached hydrogens (tertiary/aromatic N) is 1. The van der Waals surface area contributed by atoms with E-state index >= 15 is 0 Å². The van der Waals surface area contributed by atoms with Crippen LogP contribution in [0.5, 0.6) is 0 Å². The number of anilines is 1. The van der Waals surface area contributed by atoms with Crippen molar-refractivity contribution in [2.24, 2.45) is 5.73 Å². The first-order valence-corrected chi connectivity index (χ1v) is 6.71. The van der Waals surface area contributed by atoms with Gasteiger partial charge in [-0.25, -0.2) is 0 Å². The predicted molar refractivity (Wildman–Crippen MR) is 81.1 cm³/mol. The summed E-state index contributed by atoms with van der Waals surface area (Å²) in [6.45, 7) is 0.561. The molecule has 0 aliphatic carbocycles. The number of nitrogens with one attached hydrogen (secondary N) is 1. The minimum Gasteiger partial charge on any atom is -0.380 e. The Balaban J connectivity index is 2.11. The molecule has 0 atom stereocenters. The minimum atomic E-state index is -0.439. The Kier molecular flexibility index (Phi) is 4.38. The van der Waals surface area contributed by atoms with Crippen molar-refractivity contribution in [3.63, 3.8) is 0 Å². The zero-order valence-corrected chi connectivity index (χ0v) is 12.1. The molecule has 4 nitrogen and oxygen atoms in total. The summed E-state index contributed by atoms with van der Waals surface area (Å²) >= 11 is 3.41. The highest BCUT2D eigenvalue weighted by Crippen LogP contribution is 2.24. The van der Waals surface area contributed by atoms with Crippen molar-refractivity contribution in [3.05, 3.63) is 63.6 Å². The van der Waals surface area contributed by atoms with E-state index in [1.165, 1.54) is 0 Å². The molecule has 5 heteroatoms. The predicted octanol–water partition coefficient (Wildman–Crippen LogP) is 3.03. The average Bonchev–Trinajstić information content (AvgIpc) is 2.46. The number of benzene rings is 2. The second-order valence-corrected chi connectivity index (χ2v) is 5.08. The normalized spacial score (nSPS) is 9.80. The molecule has 0 aliphatic heterocycles. The maximum atomic E-state index is 11.1. The highest BCUT2D eigenvalue weighted by Gasteiger charge is 2.03. The summed E-state index contributed by atoms with van der Waals surface area (Å²) in [5, 5.41) is 12.0. The van der Waals surface area contributed by atoms with Crippen LogP contribution >= 0.6 is 15.9 Å². The molecule has 1 amide bonds. The van der Waals surface area contributed by atoms with Gasteiger partial charge >= 0.3 is 0 Å². The number of rotatable bonds is 4. The van der Waals surface area contributed by atoms with Gasteiger partial charge in [0.15, 0.2) is 0 Å². The van der Waals surface area contributed by atoms with E-state index in [-0.39, 0.29) is 0 Å². The minimum absolute atomic E-state index is 0.439. The van der Waals surface area contributed by atoms with Crippen LogP contribution in [-0.4, -0.2) is 5.91 Å². The van der Waals surface area contributed by atoms with E-state index in [0.717, 1.165) is 15.7 Å². The average molecular weight is 330 g/mol. The first kappa shape index (κ1) is 14.1. The van der Waals surface area contributed by atoms with Gasteiger partial charge in [-0.15, -0.1) is 0 Å². The van der Waals surface area contributed by atoms with E-state index in [9.17, 15) is 4.79 Å². The fourth-order valence-corrected chi connectivity index (χ4v) is 2.28. The number of carbonyl (C=O) groups is 1. The molecular weight excluding hydrogens is 318 g/mol. The summed E-state index contributed by atoms with van der Waals surface area (Å²) < 4.78 is 0.822. The van der Waals surface area contributed by atoms with Crippen LogP contribution in [0.4, 0.5) is 5.69 Å². The van der Waals surface area contributed by atoms with Crippen LogP contribution < -0.4 is 11.1 Å². The summed E-state index contributed by atoms with van der Waals surface area (Å²) in [5.74, 6) is -0.439. The molecule has 2 aromatic rings. The van der Waals surface area contributed by atoms with Crippen molar-refractivity contribution < 1.29 is 4.79 Å². The number of nitrogens with two attached hydrogens (primary N) is 1. The quantitative estimate of drug-likeness (QED) is 0.904. The molecule has 20 heavy (non-hydrogen) atoms. The molecule has 0 radical (unpaired) electrons. The number of hydrogen-bond donors (Lipinski definition) is 2. The van der Waals surface area contributed by atoms with Gasteiger partial charge in [-0.2, -0.15) is 5.26 Å². The smallest absolute Gasteiger partial charge is 0.248 e. The molecule has 0 bridgehead atoms. The number of amides is 1. The lowest BCUT2D eigenvalue weighted by molar-refractivity contribution is 0.1000. The van der Waals surface area contributed by atoms with Gasteiger partial charge in [0.1, 0.15) is 0 Å². The van der Waals surface area contributed by atoms with Crippen LogP contribution in [0.1, 0.15) is 21.5 Å². The van der Waals surface area contributed by atoms with Crippen LogP contribution in [0.15, 0.2) is 46.9 Å². The molecule has 0 fully saturated rings. The Bertz CT molecular complexity index is 692. The van der Waals surface area contributed by atoms with Crippen LogP contribution in [0.2, 0.25) is 0 Å². The first-order valence-electron chi connectivity index (χ1n) is 5.92. The SMILES string of the molecule is N#Cc1ccc(NCc2cccc(C(N)=O)c2)c(Br)c1. The maximum Gasteiger partial charge on any atom is 0.248 e. The van der Waals surface area contributed by atoms with Crippen molar-refractivity contribution in [2.45, 2.75) is 6.54 Å². The number of primary amides is 1. The molecule has 0 aromatic heterocycles. The lowest BCUT2D eigenvalue weighted by atomic mass is 10.1. The van der Waals surface area contributed by atoms with E-state index in [2.05, 4.69) is 27.3 Å². The summed E-state index contributed by atoms with van der Waals surface area (Å²) in [6.07, 6.45) is 0. The van der Waals surface area contributed by atoms with Crippen molar-refractivity contribution in [1.29, 1.82) is 5.26 Å². The summed E-state index contributed by atoms with van der Waals surface area (Å²) in [5.41, 5.74) is 8.17. The topological polar surface area (TPSA) is 78.9 Å². The first-order chi connectivity index (χ1) is 9.60. The van der Waals surface area contributed by atoms with Gasteiger partial charge in [-0.3, -0.25) is 4.79 Å². The third-order valence-corrected chi connectivity index (χ3v) is 3.45. The van der Waals surface area contributed by atoms with Crippen LogP contribution in [0.25, 0.3) is 0 Å². The Morgan fingerprint density at radius 2 is 2.10 bits per heavy atom. The highest BCUT2D eigenvalue weighted by atomic mass is 79.9. The lowest BCUT2D eigenvalue weighted by Crippen LogP contribution is -2.11. The van der Waals surface area contributed by atoms with Gasteiger partial charge in [0, 0.05) is 22.3 Å². The molecule has 0 heterocycles. The zero-order valence-electron chi connectivity index (χ0n) is 10.6. The van der Waals surface area contributed by atoms with E-state index < -0.39 is 5.91 Å². The second-order valence-electron chi connectivity index (χ2n) is 4.22. The van der Waals surface area contributed by atoms with Crippen LogP contribution in [0.3, 0.4) is 0 Å². The fraction of sp³-hybridized carbons (Fsp3) is 0.0667. The van der Waals surface area contributed by atoms with E-state index in [4.69, 9.17) is 11.0 Å². The van der Waals surface area contributed by atoms with Crippen LogP contribution in [0, 0.1) is 11.3 Å². The molecule has 3 N–H and O–H groups in total. The van der Waals surface area contributed by atoms with Crippen molar-refractivity contribution in [1.82, 2.24) is 0 Å². The van der Waals surface area contributed by atoms with E-state index in [0.29, 0.717) is 17.7 Å². The van der Waals surface area contributed by atoms with Gasteiger partial charge in [0.05, 0.1) is 11.6 Å². The van der Waals surface area contributed by atoms with Crippen molar-refractivity contribution >= 4 is 27.5 Å². The third-order valence-electron chi connectivity index (χ3n) is 2.79. The number of hydrogen-bond acceptors (Lipinski definition) is 3. The standard InChI is InChI=1S/C15H12BrN3O/c16-13-7-10(8-17)4-5-14(13)19-9-11-2-1-3-12(6-11)15(18)20/h1-7,19H,9H2,(H2,18,20). The molecule has 0 aliphatic rings. The second kappa shape index (κ2) is 6.22. The Morgan fingerprint density at radius 3 is 2.75 bits per heavy atom. The molecule has 0 spiro atoms. The van der Waals surface area contributed by atoms with Crippen LogP contribution in [-0.2, 0) is 6.54 Å².